The second kappa shape index (κ2) is 26.7. The van der Waals surface area contributed by atoms with Crippen LogP contribution in [-0.4, -0.2) is 162 Å². The summed E-state index contributed by atoms with van der Waals surface area (Å²) in [5.41, 5.74) is -0.727. The van der Waals surface area contributed by atoms with Crippen LogP contribution in [0.25, 0.3) is 0 Å². The van der Waals surface area contributed by atoms with E-state index >= 15 is 4.79 Å². The molecule has 1 aromatic carbocycles. The number of Topliss-reactive ketones (excluding diaryl/α,β-unsaturated/α-hetero) is 2. The monoisotopic (exact) mass is 998 g/mol. The molecule has 1 aromatic rings. The van der Waals surface area contributed by atoms with Gasteiger partial charge < -0.3 is 40.7 Å². The summed E-state index contributed by atoms with van der Waals surface area (Å²) < 4.78 is 11.6. The molecule has 11 unspecified atom stereocenters. The second-order valence-electron chi connectivity index (χ2n) is 21.8. The van der Waals surface area contributed by atoms with Gasteiger partial charge in [-0.1, -0.05) is 73.9 Å². The number of likely N-dealkylation sites (N-methyl/N-ethyl adjacent to an activating group) is 2. The van der Waals surface area contributed by atoms with E-state index < -0.39 is 126 Å². The smallest absolute Gasteiger partial charge is 0.324 e. The lowest BCUT2D eigenvalue weighted by atomic mass is 9.87. The number of carbonyl (C=O) groups excluding carboxylic acids is 8. The van der Waals surface area contributed by atoms with Crippen molar-refractivity contribution in [3.8, 4) is 5.75 Å². The highest BCUT2D eigenvalue weighted by Gasteiger charge is 2.48. The average molecular weight is 998 g/mol. The van der Waals surface area contributed by atoms with E-state index in [1.807, 2.05) is 34.6 Å². The number of hydrogen-bond donors (Lipinski definition) is 5. The number of rotatable bonds is 13. The minimum absolute atomic E-state index is 0.0395. The van der Waals surface area contributed by atoms with Crippen LogP contribution in [0.2, 0.25) is 0 Å². The summed E-state index contributed by atoms with van der Waals surface area (Å²) in [6.07, 6.45) is -1.39. The zero-order chi connectivity index (χ0) is 53.8. The highest BCUT2D eigenvalue weighted by molar-refractivity contribution is 6.06. The van der Waals surface area contributed by atoms with E-state index in [9.17, 15) is 38.7 Å². The third kappa shape index (κ3) is 16.0. The minimum atomic E-state index is -1.51. The van der Waals surface area contributed by atoms with Crippen molar-refractivity contribution in [1.82, 2.24) is 36.0 Å². The number of esters is 1. The molecule has 2 fully saturated rings. The fourth-order valence-electron chi connectivity index (χ4n) is 9.44. The number of benzene rings is 1. The Bertz CT molecular complexity index is 2010. The molecule has 0 saturated carbocycles. The molecule has 2 heterocycles. The number of fused-ring (bicyclic) bond motifs is 1. The number of methoxy groups -OCH3 is 1. The first-order valence-electron chi connectivity index (χ1n) is 25.6. The number of cyclic esters (lactones) is 1. The second-order valence-corrected chi connectivity index (χ2v) is 21.8. The van der Waals surface area contributed by atoms with Gasteiger partial charge in [-0.25, -0.2) is 0 Å². The molecular weight excluding hydrogens is 911 g/mol. The van der Waals surface area contributed by atoms with Crippen molar-refractivity contribution >= 4 is 47.1 Å². The standard InChI is InChI=1S/C53H87N7O11/c1-17-32(8)44-41(61)28-42(62)55-43(31(6)7)46(63)33(9)48(65)54-37(25-29(2)3)51(68)60-24-18-19-38(60)47(64)53(11,12)59(15)40(27-35-20-22-36(70-16)23-21-35)52(69)71-34(10)45(50(67)56-44)57-49(66)39(58(13)14)26-30(4)5/h20-23,29-34,37-41,43-45,61H,17-19,24-28H2,1-16H3,(H,54,65)(H,55,62)(H,56,67)(H,57,66). The molecule has 2 aliphatic heterocycles. The Balaban J connectivity index is 2.28. The number of hydrogen-bond acceptors (Lipinski definition) is 13. The summed E-state index contributed by atoms with van der Waals surface area (Å²) >= 11 is 0. The van der Waals surface area contributed by atoms with Crippen LogP contribution in [0.5, 0.6) is 5.75 Å². The van der Waals surface area contributed by atoms with Gasteiger partial charge in [-0.3, -0.25) is 48.2 Å². The first-order chi connectivity index (χ1) is 33.1. The first kappa shape index (κ1) is 60.4. The quantitative estimate of drug-likeness (QED) is 0.141. The van der Waals surface area contributed by atoms with Crippen molar-refractivity contribution in [3.05, 3.63) is 29.8 Å². The number of ether oxygens (including phenoxy) is 2. The molecule has 0 aliphatic carbocycles. The van der Waals surface area contributed by atoms with E-state index in [4.69, 9.17) is 9.47 Å². The summed E-state index contributed by atoms with van der Waals surface area (Å²) in [4.78, 5) is 120. The van der Waals surface area contributed by atoms with E-state index in [1.54, 1.807) is 89.8 Å². The zero-order valence-electron chi connectivity index (χ0n) is 45.4. The number of nitrogens with one attached hydrogen (secondary N) is 4. The lowest BCUT2D eigenvalue weighted by molar-refractivity contribution is -0.161. The van der Waals surface area contributed by atoms with Gasteiger partial charge in [0, 0.05) is 6.54 Å². The molecule has 5 N–H and O–H groups in total. The SMILES string of the molecule is CCC(C)C1NC(=O)C(NC(=O)C(CC(C)C)N(C)C)C(C)OC(=O)C(Cc2ccc(OC)cc2)N(C)C(C)(C)C(=O)C2CCCN2C(=O)C(CC(C)C)NC(=O)C(C)C(=O)C(C(C)C)NC(=O)CC1O. The average Bonchev–Trinajstić information content (AvgIpc) is 3.80. The number of ketones is 2. The zero-order valence-corrected chi connectivity index (χ0v) is 45.4. The van der Waals surface area contributed by atoms with E-state index in [-0.39, 0.29) is 37.0 Å². The van der Waals surface area contributed by atoms with E-state index in [2.05, 4.69) is 21.3 Å². The van der Waals surface area contributed by atoms with Crippen molar-refractivity contribution in [3.63, 3.8) is 0 Å². The predicted molar refractivity (Wildman–Crippen MR) is 271 cm³/mol. The third-order valence-corrected chi connectivity index (χ3v) is 14.4. The lowest BCUT2D eigenvalue weighted by Gasteiger charge is -2.42. The van der Waals surface area contributed by atoms with Crippen LogP contribution in [0.4, 0.5) is 0 Å². The highest BCUT2D eigenvalue weighted by atomic mass is 16.5. The van der Waals surface area contributed by atoms with Crippen molar-refractivity contribution < 1.29 is 52.9 Å². The van der Waals surface area contributed by atoms with Crippen LogP contribution in [-0.2, 0) is 49.5 Å². The van der Waals surface area contributed by atoms with Crippen molar-refractivity contribution in [1.29, 1.82) is 0 Å². The highest BCUT2D eigenvalue weighted by Crippen LogP contribution is 2.30. The van der Waals surface area contributed by atoms with Gasteiger partial charge in [-0.2, -0.15) is 0 Å². The van der Waals surface area contributed by atoms with Crippen molar-refractivity contribution in [2.24, 2.45) is 29.6 Å². The van der Waals surface area contributed by atoms with Crippen LogP contribution >= 0.6 is 0 Å². The van der Waals surface area contributed by atoms with Crippen LogP contribution in [0, 0.1) is 29.6 Å². The predicted octanol–water partition coefficient (Wildman–Crippen LogP) is 3.44. The number of carbonyl (C=O) groups is 8. The Morgan fingerprint density at radius 3 is 2.08 bits per heavy atom. The Hall–Kier alpha value is -4.94. The van der Waals surface area contributed by atoms with Crippen LogP contribution in [0.15, 0.2) is 24.3 Å². The van der Waals surface area contributed by atoms with Gasteiger partial charge in [0.05, 0.1) is 55.3 Å². The van der Waals surface area contributed by atoms with Gasteiger partial charge in [-0.15, -0.1) is 0 Å². The fraction of sp³-hybridized carbons (Fsp3) is 0.736. The van der Waals surface area contributed by atoms with Crippen LogP contribution < -0.4 is 26.0 Å². The van der Waals surface area contributed by atoms with Gasteiger partial charge in [0.1, 0.15) is 30.0 Å². The first-order valence-corrected chi connectivity index (χ1v) is 25.6. The summed E-state index contributed by atoms with van der Waals surface area (Å²) in [6, 6.07) is -0.517. The molecular formula is C53H87N7O11. The van der Waals surface area contributed by atoms with Gasteiger partial charge in [0.2, 0.25) is 29.5 Å². The molecule has 0 bridgehead atoms. The Labute approximate surface area is 422 Å². The molecule has 3 rings (SSSR count). The van der Waals surface area contributed by atoms with Crippen molar-refractivity contribution in [2.45, 2.75) is 188 Å². The maximum absolute atomic E-state index is 15.0. The number of nitrogens with zero attached hydrogens (tertiary/aromatic N) is 3. The maximum atomic E-state index is 15.0. The molecule has 5 amide bonds. The molecule has 18 heteroatoms. The molecule has 0 radical (unpaired) electrons. The molecule has 0 spiro atoms. The summed E-state index contributed by atoms with van der Waals surface area (Å²) in [5, 5.41) is 23.0. The maximum Gasteiger partial charge on any atom is 0.324 e. The molecule has 71 heavy (non-hydrogen) atoms. The van der Waals surface area contributed by atoms with Gasteiger partial charge in [0.15, 0.2) is 11.6 Å². The van der Waals surface area contributed by atoms with E-state index in [1.165, 1.54) is 25.9 Å². The Kier molecular flexibility index (Phi) is 22.7. The van der Waals surface area contributed by atoms with Gasteiger partial charge >= 0.3 is 5.97 Å². The normalized spacial score (nSPS) is 28.2. The Morgan fingerprint density at radius 1 is 0.930 bits per heavy atom. The van der Waals surface area contributed by atoms with Crippen molar-refractivity contribution in [2.75, 3.05) is 34.8 Å². The molecule has 2 aliphatic rings. The topological polar surface area (TPSA) is 233 Å². The molecule has 11 atom stereocenters. The largest absolute Gasteiger partial charge is 0.497 e. The fourth-order valence-corrected chi connectivity index (χ4v) is 9.44. The number of aliphatic hydroxyl groups excluding tert-OH is 1. The molecule has 18 nitrogen and oxygen atoms in total. The summed E-state index contributed by atoms with van der Waals surface area (Å²) in [7, 11) is 6.66. The van der Waals surface area contributed by atoms with Crippen LogP contribution in [0.1, 0.15) is 127 Å². The van der Waals surface area contributed by atoms with Gasteiger partial charge in [0.25, 0.3) is 0 Å². The third-order valence-electron chi connectivity index (χ3n) is 14.4. The van der Waals surface area contributed by atoms with E-state index in [0.29, 0.717) is 37.0 Å². The van der Waals surface area contributed by atoms with Gasteiger partial charge in [-0.05, 0) is 122 Å². The minimum Gasteiger partial charge on any atom is -0.497 e. The summed E-state index contributed by atoms with van der Waals surface area (Å²) in [6.45, 7) is 21.3. The molecule has 2 saturated heterocycles. The Morgan fingerprint density at radius 2 is 1.55 bits per heavy atom. The number of aliphatic hydroxyl groups is 1. The van der Waals surface area contributed by atoms with E-state index in [0.717, 1.165) is 0 Å². The summed E-state index contributed by atoms with van der Waals surface area (Å²) in [5.74, 6) is -6.56. The molecule has 0 aromatic heterocycles. The number of amides is 5. The lowest BCUT2D eigenvalue weighted by Crippen LogP contribution is -2.63. The van der Waals surface area contributed by atoms with Crippen LogP contribution in [0.3, 0.4) is 0 Å². The molecule has 400 valence electrons.